The van der Waals surface area contributed by atoms with Gasteiger partial charge in [-0.15, -0.1) is 0 Å². The van der Waals surface area contributed by atoms with Crippen LogP contribution in [0.4, 0.5) is 0 Å². The fraction of sp³-hybridized carbons (Fsp3) is 0.705. The van der Waals surface area contributed by atoms with Crippen LogP contribution < -0.4 is 0 Å². The van der Waals surface area contributed by atoms with Crippen molar-refractivity contribution < 1.29 is 76.6 Å². The molecule has 0 spiro atoms. The summed E-state index contributed by atoms with van der Waals surface area (Å²) in [5, 5.41) is 30.5. The van der Waals surface area contributed by atoms with Gasteiger partial charge in [0.15, 0.2) is 6.10 Å². The number of unbranched alkanes of at least 4 members (excludes halogenated alkanes) is 8. The number of ether oxygens (including phenoxy) is 2. The number of esters is 2. The smallest absolute Gasteiger partial charge is 0.462 e. The molecule has 1 aliphatic rings. The van der Waals surface area contributed by atoms with Crippen LogP contribution in [0.3, 0.4) is 0 Å². The quantitative estimate of drug-likeness (QED) is 0.0150. The molecule has 0 saturated heterocycles. The Kier molecular flexibility index (Phi) is 32.2. The van der Waals surface area contributed by atoms with Crippen LogP contribution in [0.15, 0.2) is 60.8 Å². The molecule has 6 N–H and O–H groups in total. The van der Waals surface area contributed by atoms with Crippen molar-refractivity contribution in [1.29, 1.82) is 0 Å². The number of ketones is 1. The van der Waals surface area contributed by atoms with Crippen molar-refractivity contribution in [2.45, 2.75) is 160 Å². The van der Waals surface area contributed by atoms with Crippen LogP contribution >= 0.6 is 15.6 Å². The molecule has 0 amide bonds. The van der Waals surface area contributed by atoms with Crippen molar-refractivity contribution in [3.05, 3.63) is 60.8 Å². The highest BCUT2D eigenvalue weighted by atomic mass is 31.2. The van der Waals surface area contributed by atoms with Gasteiger partial charge in [-0.2, -0.15) is 0 Å². The SMILES string of the molecule is CC/C=C\C/C=C\C/C=C\CCCCCCCC(=O)O[C@H](COC(=O)CCC/C=C\C[C@H]1[C@@H](O)CC(=O)[C@@H]1/C=C/[C@@H](O)CCCCC)COP(=O)(O)OC[C@@H](O)COP(=O)(O)O. The summed E-state index contributed by atoms with van der Waals surface area (Å²) < 4.78 is 47.7. The van der Waals surface area contributed by atoms with E-state index in [0.29, 0.717) is 32.1 Å². The molecule has 0 heterocycles. The highest BCUT2D eigenvalue weighted by Gasteiger charge is 2.39. The van der Waals surface area contributed by atoms with Gasteiger partial charge in [0.05, 0.1) is 32.0 Å². The van der Waals surface area contributed by atoms with Crippen molar-refractivity contribution in [1.82, 2.24) is 0 Å². The average Bonchev–Trinajstić information content (AvgIpc) is 3.49. The second-order valence-electron chi connectivity index (χ2n) is 15.4. The molecule has 1 fully saturated rings. The number of Topliss-reactive ketones (excluding diaryl/α,β-unsaturated/α-hetero) is 1. The van der Waals surface area contributed by atoms with E-state index in [9.17, 15) is 43.7 Å². The molecule has 1 aliphatic carbocycles. The Morgan fingerprint density at radius 3 is 2.05 bits per heavy atom. The number of hydrogen-bond donors (Lipinski definition) is 6. The van der Waals surface area contributed by atoms with E-state index >= 15 is 0 Å². The zero-order valence-corrected chi connectivity index (χ0v) is 38.5. The molecule has 62 heavy (non-hydrogen) atoms. The molecular weight excluding hydrogens is 846 g/mol. The molecular formula is C44H74O16P2. The lowest BCUT2D eigenvalue weighted by molar-refractivity contribution is -0.161. The van der Waals surface area contributed by atoms with Crippen LogP contribution in [0.25, 0.3) is 0 Å². The average molecular weight is 921 g/mol. The van der Waals surface area contributed by atoms with E-state index < -0.39 is 84.3 Å². The van der Waals surface area contributed by atoms with Crippen molar-refractivity contribution in [3.63, 3.8) is 0 Å². The normalized spacial score (nSPS) is 19.9. The van der Waals surface area contributed by atoms with E-state index in [1.54, 1.807) is 12.2 Å². The molecule has 0 aromatic carbocycles. The maximum absolute atomic E-state index is 12.7. The Morgan fingerprint density at radius 2 is 1.34 bits per heavy atom. The first-order chi connectivity index (χ1) is 29.6. The summed E-state index contributed by atoms with van der Waals surface area (Å²) in [4.78, 5) is 65.4. The Morgan fingerprint density at radius 1 is 0.726 bits per heavy atom. The van der Waals surface area contributed by atoms with Gasteiger partial charge < -0.3 is 39.5 Å². The third-order valence-corrected chi connectivity index (χ3v) is 11.2. The summed E-state index contributed by atoms with van der Waals surface area (Å²) in [7, 11) is -9.78. The second kappa shape index (κ2) is 34.8. The first-order valence-corrected chi connectivity index (χ1v) is 25.1. The van der Waals surface area contributed by atoms with Gasteiger partial charge in [0.2, 0.25) is 0 Å². The number of carbonyl (C=O) groups is 3. The number of phosphoric ester groups is 2. The van der Waals surface area contributed by atoms with E-state index in [2.05, 4.69) is 59.4 Å². The van der Waals surface area contributed by atoms with Gasteiger partial charge in [-0.3, -0.25) is 28.0 Å². The van der Waals surface area contributed by atoms with Crippen molar-refractivity contribution in [3.8, 4) is 0 Å². The lowest BCUT2D eigenvalue weighted by atomic mass is 9.90. The Balaban J connectivity index is 2.59. The van der Waals surface area contributed by atoms with Crippen LogP contribution in [0.2, 0.25) is 0 Å². The largest absolute Gasteiger partial charge is 0.472 e. The summed E-state index contributed by atoms with van der Waals surface area (Å²) in [6.45, 7) is 1.21. The van der Waals surface area contributed by atoms with Crippen molar-refractivity contribution in [2.75, 3.05) is 26.4 Å². The number of rotatable bonds is 37. The fourth-order valence-corrected chi connectivity index (χ4v) is 7.50. The predicted octanol–water partition coefficient (Wildman–Crippen LogP) is 7.81. The summed E-state index contributed by atoms with van der Waals surface area (Å²) >= 11 is 0. The van der Waals surface area contributed by atoms with Crippen molar-refractivity contribution in [2.24, 2.45) is 11.8 Å². The first kappa shape index (κ1) is 57.4. The topological polar surface area (TPSA) is 253 Å². The summed E-state index contributed by atoms with van der Waals surface area (Å²) in [6.07, 6.45) is 28.7. The predicted molar refractivity (Wildman–Crippen MR) is 235 cm³/mol. The van der Waals surface area contributed by atoms with Gasteiger partial charge in [0.1, 0.15) is 18.5 Å². The minimum atomic E-state index is -4.90. The minimum Gasteiger partial charge on any atom is -0.462 e. The molecule has 0 aromatic heterocycles. The lowest BCUT2D eigenvalue weighted by Gasteiger charge is -2.20. The lowest BCUT2D eigenvalue weighted by Crippen LogP contribution is -2.30. The van der Waals surface area contributed by atoms with E-state index in [1.165, 1.54) is 0 Å². The first-order valence-electron chi connectivity index (χ1n) is 22.1. The number of allylic oxidation sites excluding steroid dienone is 9. The highest BCUT2D eigenvalue weighted by Crippen LogP contribution is 2.44. The number of phosphoric acid groups is 2. The second-order valence-corrected chi connectivity index (χ2v) is 18.1. The maximum atomic E-state index is 12.7. The molecule has 1 unspecified atom stereocenters. The molecule has 1 saturated carbocycles. The van der Waals surface area contributed by atoms with Crippen molar-refractivity contribution >= 4 is 33.4 Å². The molecule has 0 radical (unpaired) electrons. The standard InChI is InChI=1S/C44H74O16P2/c1-3-5-7-8-9-10-11-12-13-14-15-16-17-18-24-28-44(50)60-38(35-59-62(54,55)58-33-37(46)32-57-61(51,52)53)34-56-43(49)27-23-20-19-22-26-39-40(42(48)31-41(39)47)30-29-36(45)25-21-6-4-2/h5,7,9-10,12-13,19,22,29-30,36-41,45-47H,3-4,6,8,11,14-18,20-21,23-28,31-35H2,1-2H3,(H,54,55)(H2,51,52,53)/b7-5-,10-9-,13-12-,22-19-,30-29+/t36-,37-,38+,39+,40+,41-/m0/s1. The zero-order chi connectivity index (χ0) is 46.1. The van der Waals surface area contributed by atoms with Crippen LogP contribution in [-0.4, -0.2) is 98.6 Å². The van der Waals surface area contributed by atoms with Gasteiger partial charge in [-0.1, -0.05) is 113 Å². The number of aliphatic hydroxyl groups is 3. The van der Waals surface area contributed by atoms with Crippen LogP contribution in [0.5, 0.6) is 0 Å². The molecule has 0 aromatic rings. The fourth-order valence-electron chi connectivity index (χ4n) is 6.34. The van der Waals surface area contributed by atoms with Gasteiger partial charge in [-0.05, 0) is 64.2 Å². The minimum absolute atomic E-state index is 0.00234. The maximum Gasteiger partial charge on any atom is 0.472 e. The van der Waals surface area contributed by atoms with Crippen LogP contribution in [-0.2, 0) is 46.6 Å². The Labute approximate surface area is 368 Å². The monoisotopic (exact) mass is 920 g/mol. The molecule has 0 bridgehead atoms. The molecule has 356 valence electrons. The number of hydrogen-bond acceptors (Lipinski definition) is 13. The highest BCUT2D eigenvalue weighted by molar-refractivity contribution is 7.47. The number of aliphatic hydroxyl groups excluding tert-OH is 3. The summed E-state index contributed by atoms with van der Waals surface area (Å²) in [5.74, 6) is -2.12. The van der Waals surface area contributed by atoms with Gasteiger partial charge in [0, 0.05) is 31.1 Å². The zero-order valence-electron chi connectivity index (χ0n) is 36.7. The summed E-state index contributed by atoms with van der Waals surface area (Å²) in [6, 6.07) is 0. The van der Waals surface area contributed by atoms with Crippen LogP contribution in [0, 0.1) is 11.8 Å². The Bertz CT molecular complexity index is 1490. The van der Waals surface area contributed by atoms with E-state index in [1.807, 2.05) is 12.2 Å². The third kappa shape index (κ3) is 31.3. The van der Waals surface area contributed by atoms with E-state index in [4.69, 9.17) is 23.8 Å². The molecule has 1 rings (SSSR count). The van der Waals surface area contributed by atoms with Gasteiger partial charge in [-0.25, -0.2) is 9.13 Å². The van der Waals surface area contributed by atoms with Gasteiger partial charge in [0.25, 0.3) is 0 Å². The number of carbonyl (C=O) groups excluding carboxylic acids is 3. The molecule has 0 aliphatic heterocycles. The van der Waals surface area contributed by atoms with Gasteiger partial charge >= 0.3 is 27.6 Å². The molecule has 16 nitrogen and oxygen atoms in total. The van der Waals surface area contributed by atoms with E-state index in [0.717, 1.165) is 70.6 Å². The van der Waals surface area contributed by atoms with E-state index in [-0.39, 0.29) is 31.0 Å². The summed E-state index contributed by atoms with van der Waals surface area (Å²) in [5.41, 5.74) is 0. The Hall–Kier alpha value is -2.59. The van der Waals surface area contributed by atoms with Crippen LogP contribution in [0.1, 0.15) is 136 Å². The molecule has 18 heteroatoms. The third-order valence-electron chi connectivity index (χ3n) is 9.76. The molecule has 7 atom stereocenters.